The Kier molecular flexibility index (Phi) is 3.69. The summed E-state index contributed by atoms with van der Waals surface area (Å²) >= 11 is 6.01. The van der Waals surface area contributed by atoms with Gasteiger partial charge in [0.05, 0.1) is 12.6 Å². The first-order valence-corrected chi connectivity index (χ1v) is 6.19. The number of aryl methyl sites for hydroxylation is 1. The van der Waals surface area contributed by atoms with Crippen molar-refractivity contribution in [3.63, 3.8) is 0 Å². The number of likely N-dealkylation sites (tertiary alicyclic amines) is 1. The molecule has 1 heterocycles. The highest BCUT2D eigenvalue weighted by Crippen LogP contribution is 2.22. The van der Waals surface area contributed by atoms with E-state index in [4.69, 9.17) is 11.6 Å². The monoisotopic (exact) mass is 253 g/mol. The molecule has 3 nitrogen and oxygen atoms in total. The van der Waals surface area contributed by atoms with E-state index in [1.807, 2.05) is 13.0 Å². The highest BCUT2D eigenvalue weighted by atomic mass is 35.5. The van der Waals surface area contributed by atoms with E-state index in [1.54, 1.807) is 17.0 Å². The van der Waals surface area contributed by atoms with Crippen molar-refractivity contribution < 1.29 is 9.90 Å². The standard InChI is InChI=1S/C13H16ClNO2/c1-9-4-5-10(7-12(9)14)13(17)15-6-2-3-11(15)8-16/h4-5,7,11,16H,2-3,6,8H2,1H3/t11-/m0/s1. The van der Waals surface area contributed by atoms with E-state index in [9.17, 15) is 9.90 Å². The fraction of sp³-hybridized carbons (Fsp3) is 0.462. The Morgan fingerprint density at radius 3 is 3.00 bits per heavy atom. The lowest BCUT2D eigenvalue weighted by Crippen LogP contribution is -2.37. The number of aliphatic hydroxyl groups excluding tert-OH is 1. The molecule has 1 fully saturated rings. The predicted molar refractivity (Wildman–Crippen MR) is 67.3 cm³/mol. The lowest BCUT2D eigenvalue weighted by Gasteiger charge is -2.23. The first kappa shape index (κ1) is 12.4. The molecule has 0 aromatic heterocycles. The number of hydrogen-bond donors (Lipinski definition) is 1. The summed E-state index contributed by atoms with van der Waals surface area (Å²) in [7, 11) is 0. The molecular weight excluding hydrogens is 238 g/mol. The average Bonchev–Trinajstić information content (AvgIpc) is 2.80. The van der Waals surface area contributed by atoms with Crippen LogP contribution in [0, 0.1) is 6.92 Å². The summed E-state index contributed by atoms with van der Waals surface area (Å²) in [6.45, 7) is 2.66. The van der Waals surface area contributed by atoms with Crippen LogP contribution < -0.4 is 0 Å². The zero-order chi connectivity index (χ0) is 12.4. The number of hydrogen-bond acceptors (Lipinski definition) is 2. The number of halogens is 1. The highest BCUT2D eigenvalue weighted by molar-refractivity contribution is 6.31. The summed E-state index contributed by atoms with van der Waals surface area (Å²) in [6.07, 6.45) is 1.83. The molecule has 0 radical (unpaired) electrons. The van der Waals surface area contributed by atoms with E-state index < -0.39 is 0 Å². The van der Waals surface area contributed by atoms with Crippen molar-refractivity contribution >= 4 is 17.5 Å². The second-order valence-electron chi connectivity index (χ2n) is 4.44. The lowest BCUT2D eigenvalue weighted by atomic mass is 10.1. The fourth-order valence-corrected chi connectivity index (χ4v) is 2.37. The van der Waals surface area contributed by atoms with Crippen molar-refractivity contribution in [2.45, 2.75) is 25.8 Å². The second kappa shape index (κ2) is 5.07. The van der Waals surface area contributed by atoms with Gasteiger partial charge in [0.2, 0.25) is 0 Å². The Morgan fingerprint density at radius 1 is 1.59 bits per heavy atom. The Morgan fingerprint density at radius 2 is 2.35 bits per heavy atom. The van der Waals surface area contributed by atoms with Crippen molar-refractivity contribution in [3.05, 3.63) is 34.3 Å². The van der Waals surface area contributed by atoms with E-state index in [0.717, 1.165) is 24.9 Å². The van der Waals surface area contributed by atoms with Gasteiger partial charge >= 0.3 is 0 Å². The number of rotatable bonds is 2. The third-order valence-electron chi connectivity index (χ3n) is 3.27. The molecular formula is C13H16ClNO2. The van der Waals surface area contributed by atoms with Crippen molar-refractivity contribution in [1.29, 1.82) is 0 Å². The number of nitrogens with zero attached hydrogens (tertiary/aromatic N) is 1. The number of aliphatic hydroxyl groups is 1. The summed E-state index contributed by atoms with van der Waals surface area (Å²) in [5, 5.41) is 9.82. The normalized spacial score (nSPS) is 19.7. The van der Waals surface area contributed by atoms with Gasteiger partial charge in [-0.25, -0.2) is 0 Å². The van der Waals surface area contributed by atoms with Crippen molar-refractivity contribution in [1.82, 2.24) is 4.90 Å². The van der Waals surface area contributed by atoms with E-state index in [-0.39, 0.29) is 18.6 Å². The molecule has 1 aliphatic heterocycles. The molecule has 0 bridgehead atoms. The Labute approximate surface area is 106 Å². The quantitative estimate of drug-likeness (QED) is 0.878. The van der Waals surface area contributed by atoms with Crippen molar-refractivity contribution in [2.75, 3.05) is 13.2 Å². The molecule has 1 N–H and O–H groups in total. The summed E-state index contributed by atoms with van der Waals surface area (Å²) < 4.78 is 0. The van der Waals surface area contributed by atoms with E-state index in [2.05, 4.69) is 0 Å². The molecule has 1 aromatic rings. The van der Waals surface area contributed by atoms with Gasteiger partial charge in [-0.2, -0.15) is 0 Å². The van der Waals surface area contributed by atoms with E-state index in [1.165, 1.54) is 0 Å². The molecule has 0 unspecified atom stereocenters. The van der Waals surface area contributed by atoms with Gasteiger partial charge in [-0.05, 0) is 37.5 Å². The van der Waals surface area contributed by atoms with Crippen LogP contribution in [0.3, 0.4) is 0 Å². The smallest absolute Gasteiger partial charge is 0.254 e. The van der Waals surface area contributed by atoms with Crippen molar-refractivity contribution in [2.24, 2.45) is 0 Å². The number of carbonyl (C=O) groups is 1. The maximum Gasteiger partial charge on any atom is 0.254 e. The number of amides is 1. The third-order valence-corrected chi connectivity index (χ3v) is 3.67. The minimum Gasteiger partial charge on any atom is -0.394 e. The number of carbonyl (C=O) groups excluding carboxylic acids is 1. The molecule has 1 aliphatic rings. The lowest BCUT2D eigenvalue weighted by molar-refractivity contribution is 0.0677. The summed E-state index contributed by atoms with van der Waals surface area (Å²) in [5.41, 5.74) is 1.56. The van der Waals surface area contributed by atoms with Crippen LogP contribution in [0.25, 0.3) is 0 Å². The molecule has 1 aromatic carbocycles. The van der Waals surface area contributed by atoms with Crippen LogP contribution >= 0.6 is 11.6 Å². The predicted octanol–water partition coefficient (Wildman–Crippen LogP) is 2.25. The van der Waals surface area contributed by atoms with Gasteiger partial charge in [-0.3, -0.25) is 4.79 Å². The van der Waals surface area contributed by atoms with Crippen LogP contribution in [0.4, 0.5) is 0 Å². The minimum absolute atomic E-state index is 0.0331. The summed E-state index contributed by atoms with van der Waals surface area (Å²) in [5.74, 6) is -0.0385. The molecule has 4 heteroatoms. The van der Waals surface area contributed by atoms with Gasteiger partial charge in [-0.1, -0.05) is 17.7 Å². The van der Waals surface area contributed by atoms with Crippen LogP contribution in [-0.4, -0.2) is 35.1 Å². The zero-order valence-corrected chi connectivity index (χ0v) is 10.6. The molecule has 0 saturated carbocycles. The van der Waals surface area contributed by atoms with Crippen LogP contribution in [-0.2, 0) is 0 Å². The van der Waals surface area contributed by atoms with Crippen LogP contribution in [0.15, 0.2) is 18.2 Å². The van der Waals surface area contributed by atoms with Crippen LogP contribution in [0.1, 0.15) is 28.8 Å². The molecule has 1 saturated heterocycles. The first-order valence-electron chi connectivity index (χ1n) is 5.81. The largest absolute Gasteiger partial charge is 0.394 e. The maximum atomic E-state index is 12.2. The zero-order valence-electron chi connectivity index (χ0n) is 9.82. The second-order valence-corrected chi connectivity index (χ2v) is 4.85. The highest BCUT2D eigenvalue weighted by Gasteiger charge is 2.28. The minimum atomic E-state index is -0.0393. The summed E-state index contributed by atoms with van der Waals surface area (Å²) in [4.78, 5) is 14.0. The van der Waals surface area contributed by atoms with Crippen LogP contribution in [0.5, 0.6) is 0 Å². The fourth-order valence-electron chi connectivity index (χ4n) is 2.18. The number of benzene rings is 1. The Hall–Kier alpha value is -1.06. The van der Waals surface area contributed by atoms with E-state index >= 15 is 0 Å². The van der Waals surface area contributed by atoms with Gasteiger partial charge in [0, 0.05) is 17.1 Å². The third kappa shape index (κ3) is 2.45. The van der Waals surface area contributed by atoms with Gasteiger partial charge < -0.3 is 10.0 Å². The van der Waals surface area contributed by atoms with Gasteiger partial charge in [0.15, 0.2) is 0 Å². The molecule has 17 heavy (non-hydrogen) atoms. The molecule has 1 atom stereocenters. The SMILES string of the molecule is Cc1ccc(C(=O)N2CCC[C@H]2CO)cc1Cl. The van der Waals surface area contributed by atoms with Crippen molar-refractivity contribution in [3.8, 4) is 0 Å². The van der Waals surface area contributed by atoms with Gasteiger partial charge in [-0.15, -0.1) is 0 Å². The van der Waals surface area contributed by atoms with Gasteiger partial charge in [0.25, 0.3) is 5.91 Å². The average molecular weight is 254 g/mol. The molecule has 0 spiro atoms. The Balaban J connectivity index is 2.21. The Bertz CT molecular complexity index is 433. The van der Waals surface area contributed by atoms with Crippen LogP contribution in [0.2, 0.25) is 5.02 Å². The molecule has 92 valence electrons. The topological polar surface area (TPSA) is 40.5 Å². The van der Waals surface area contributed by atoms with Gasteiger partial charge in [0.1, 0.15) is 0 Å². The maximum absolute atomic E-state index is 12.2. The van der Waals surface area contributed by atoms with E-state index in [0.29, 0.717) is 10.6 Å². The summed E-state index contributed by atoms with van der Waals surface area (Å²) in [6, 6.07) is 5.30. The molecule has 1 amide bonds. The molecule has 0 aliphatic carbocycles. The first-order chi connectivity index (χ1) is 8.13. The molecule has 2 rings (SSSR count).